The quantitative estimate of drug-likeness (QED) is 0.0359. The second kappa shape index (κ2) is 17.9. The fraction of sp³-hybridized carbons (Fsp3) is 0.282. The fourth-order valence-corrected chi connectivity index (χ4v) is 5.83. The van der Waals surface area contributed by atoms with Gasteiger partial charge in [0.2, 0.25) is 6.29 Å². The number of aliphatic hydroxyl groups excluding tert-OH is 3. The minimum Gasteiger partial charge on any atom is -0.433 e. The molecule has 17 heteroatoms. The maximum atomic E-state index is 14.0. The van der Waals surface area contributed by atoms with Gasteiger partial charge in [0.15, 0.2) is 12.1 Å². The molecule has 0 radical (unpaired) electrons. The van der Waals surface area contributed by atoms with Crippen molar-refractivity contribution >= 4 is 46.2 Å². The lowest BCUT2D eigenvalue weighted by Gasteiger charge is -2.39. The van der Waals surface area contributed by atoms with Crippen LogP contribution in [0, 0.1) is 0 Å². The second-order valence-electron chi connectivity index (χ2n) is 12.8. The van der Waals surface area contributed by atoms with Gasteiger partial charge in [0.1, 0.15) is 30.0 Å². The summed E-state index contributed by atoms with van der Waals surface area (Å²) in [5.41, 5.74) is 9.62. The number of nitrogens with two attached hydrogens (primary N) is 1. The van der Waals surface area contributed by atoms with Crippen LogP contribution < -0.4 is 16.0 Å². The number of aryl methyl sites for hydroxylation is 1. The number of hydrogen-bond acceptors (Lipinski definition) is 14. The molecular formula is C39H41N7O10. The molecule has 1 fully saturated rings. The van der Waals surface area contributed by atoms with Crippen molar-refractivity contribution in [2.75, 3.05) is 16.8 Å². The Hall–Kier alpha value is -6.24. The number of aromatic nitrogens is 3. The molecule has 5 atom stereocenters. The number of nitrogens with one attached hydrogen (secondary N) is 1. The molecule has 6 rings (SSSR count). The van der Waals surface area contributed by atoms with Gasteiger partial charge in [0.05, 0.1) is 30.6 Å². The van der Waals surface area contributed by atoms with Gasteiger partial charge in [-0.25, -0.2) is 14.8 Å². The number of aliphatic hydroxyl groups is 3. The van der Waals surface area contributed by atoms with Gasteiger partial charge in [-0.2, -0.15) is 0 Å². The van der Waals surface area contributed by atoms with Gasteiger partial charge in [-0.05, 0) is 60.2 Å². The molecule has 292 valence electrons. The molecule has 0 saturated carbocycles. The molecule has 17 nitrogen and oxygen atoms in total. The predicted octanol–water partition coefficient (Wildman–Crippen LogP) is 2.33. The summed E-state index contributed by atoms with van der Waals surface area (Å²) in [7, 11) is 1.86. The molecule has 0 bridgehead atoms. The van der Waals surface area contributed by atoms with Crippen LogP contribution in [0.2, 0.25) is 0 Å². The van der Waals surface area contributed by atoms with Crippen LogP contribution in [0.4, 0.5) is 11.5 Å². The Kier molecular flexibility index (Phi) is 12.6. The van der Waals surface area contributed by atoms with Crippen LogP contribution in [0.1, 0.15) is 40.7 Å². The SMILES string of the molecule is CC(=O)O/N=C(\N)c1ccc(NCc2nc3cc(C(=O)N(CCC(=O)O[C@@H]4O[C@H](OCc5ccccc5)[C@@H](O)[C@H](O)[C@H]4O)c4ccccn4)ccc3n2C)cc1. The zero-order valence-corrected chi connectivity index (χ0v) is 30.5. The molecule has 5 aromatic rings. The Morgan fingerprint density at radius 3 is 2.36 bits per heavy atom. The van der Waals surface area contributed by atoms with Gasteiger partial charge >= 0.3 is 11.9 Å². The molecule has 6 N–H and O–H groups in total. The number of hydrogen-bond donors (Lipinski definition) is 5. The number of anilines is 2. The van der Waals surface area contributed by atoms with Crippen molar-refractivity contribution in [1.29, 1.82) is 0 Å². The minimum atomic E-state index is -1.76. The van der Waals surface area contributed by atoms with E-state index in [-0.39, 0.29) is 31.2 Å². The first kappa shape index (κ1) is 39.5. The zero-order valence-electron chi connectivity index (χ0n) is 30.5. The van der Waals surface area contributed by atoms with E-state index in [1.165, 1.54) is 18.0 Å². The molecule has 2 aromatic heterocycles. The number of carbonyl (C=O) groups excluding carboxylic acids is 3. The first-order valence-corrected chi connectivity index (χ1v) is 17.6. The van der Waals surface area contributed by atoms with E-state index in [4.69, 9.17) is 24.9 Å². The average Bonchev–Trinajstić information content (AvgIpc) is 3.53. The standard InChI is InChI=1S/C39H41N7O10/c1-23(47)56-44-36(40)25-11-14-27(15-12-25)42-21-31-43-28-20-26(13-16-29(28)45(31)2)37(52)46(30-10-6-7-18-41-30)19-17-32(48)54-39-35(51)33(49)34(50)38(55-39)53-22-24-8-4-3-5-9-24/h3-16,18,20,33-35,38-39,42,49-51H,17,19,21-22H2,1-2H3,(H2,40,44)/t33-,34-,35+,38-,39+/m0/s1. The number of carbonyl (C=O) groups is 3. The molecule has 1 aliphatic rings. The Labute approximate surface area is 320 Å². The van der Waals surface area contributed by atoms with E-state index in [0.717, 1.165) is 16.8 Å². The summed E-state index contributed by atoms with van der Waals surface area (Å²) in [4.78, 5) is 53.1. The van der Waals surface area contributed by atoms with Gasteiger partial charge in [0.25, 0.3) is 5.91 Å². The van der Waals surface area contributed by atoms with Crippen molar-refractivity contribution in [2.24, 2.45) is 17.9 Å². The highest BCUT2D eigenvalue weighted by Gasteiger charge is 2.46. The van der Waals surface area contributed by atoms with Crippen molar-refractivity contribution < 1.29 is 48.8 Å². The van der Waals surface area contributed by atoms with Crippen LogP contribution in [0.5, 0.6) is 0 Å². The number of ether oxygens (including phenoxy) is 3. The highest BCUT2D eigenvalue weighted by Crippen LogP contribution is 2.25. The number of esters is 1. The Morgan fingerprint density at radius 1 is 0.929 bits per heavy atom. The highest BCUT2D eigenvalue weighted by molar-refractivity contribution is 6.07. The number of nitrogens with zero attached hydrogens (tertiary/aromatic N) is 5. The molecule has 0 aliphatic carbocycles. The molecule has 3 aromatic carbocycles. The Morgan fingerprint density at radius 2 is 1.64 bits per heavy atom. The summed E-state index contributed by atoms with van der Waals surface area (Å²) in [6.07, 6.45) is -6.96. The average molecular weight is 768 g/mol. The third-order valence-electron chi connectivity index (χ3n) is 8.87. The monoisotopic (exact) mass is 767 g/mol. The molecule has 1 aliphatic heterocycles. The van der Waals surface area contributed by atoms with Gasteiger partial charge in [-0.3, -0.25) is 14.5 Å². The van der Waals surface area contributed by atoms with Crippen LogP contribution in [-0.2, 0) is 48.8 Å². The summed E-state index contributed by atoms with van der Waals surface area (Å²) < 4.78 is 18.4. The predicted molar refractivity (Wildman–Crippen MR) is 202 cm³/mol. The normalized spacial score (nSPS) is 19.7. The number of rotatable bonds is 14. The van der Waals surface area contributed by atoms with E-state index in [0.29, 0.717) is 29.0 Å². The molecule has 56 heavy (non-hydrogen) atoms. The van der Waals surface area contributed by atoms with Gasteiger partial charge in [-0.15, -0.1) is 0 Å². The lowest BCUT2D eigenvalue weighted by molar-refractivity contribution is -0.344. The van der Waals surface area contributed by atoms with Crippen molar-refractivity contribution in [3.8, 4) is 0 Å². The zero-order chi connectivity index (χ0) is 39.8. The van der Waals surface area contributed by atoms with E-state index in [1.807, 2.05) is 17.7 Å². The number of fused-ring (bicyclic) bond motifs is 1. The molecule has 0 spiro atoms. The summed E-state index contributed by atoms with van der Waals surface area (Å²) in [6, 6.07) is 26.2. The van der Waals surface area contributed by atoms with Crippen LogP contribution in [0.25, 0.3) is 11.0 Å². The van der Waals surface area contributed by atoms with Crippen molar-refractivity contribution in [3.63, 3.8) is 0 Å². The van der Waals surface area contributed by atoms with Gasteiger partial charge in [-0.1, -0.05) is 41.6 Å². The van der Waals surface area contributed by atoms with Crippen molar-refractivity contribution in [2.45, 2.75) is 57.4 Å². The Balaban J connectivity index is 1.10. The Bertz CT molecular complexity index is 2170. The number of imidazole rings is 1. The number of benzene rings is 3. The van der Waals surface area contributed by atoms with E-state index in [9.17, 15) is 29.7 Å². The first-order valence-electron chi connectivity index (χ1n) is 17.6. The third-order valence-corrected chi connectivity index (χ3v) is 8.87. The lowest BCUT2D eigenvalue weighted by atomic mass is 10.0. The number of pyridine rings is 1. The van der Waals surface area contributed by atoms with E-state index < -0.39 is 48.7 Å². The third kappa shape index (κ3) is 9.52. The van der Waals surface area contributed by atoms with Crippen LogP contribution in [-0.4, -0.2) is 91.0 Å². The van der Waals surface area contributed by atoms with Crippen LogP contribution >= 0.6 is 0 Å². The molecular weight excluding hydrogens is 726 g/mol. The molecule has 0 unspecified atom stereocenters. The van der Waals surface area contributed by atoms with E-state index in [1.54, 1.807) is 84.9 Å². The summed E-state index contributed by atoms with van der Waals surface area (Å²) in [5, 5.41) is 38.3. The van der Waals surface area contributed by atoms with Crippen molar-refractivity contribution in [1.82, 2.24) is 14.5 Å². The van der Waals surface area contributed by atoms with Crippen molar-refractivity contribution in [3.05, 3.63) is 120 Å². The summed E-state index contributed by atoms with van der Waals surface area (Å²) in [5.74, 6) is -0.855. The maximum absolute atomic E-state index is 14.0. The number of oxime groups is 1. The molecule has 1 amide bonds. The highest BCUT2D eigenvalue weighted by atomic mass is 16.8. The second-order valence-corrected chi connectivity index (χ2v) is 12.8. The largest absolute Gasteiger partial charge is 0.433 e. The number of amidine groups is 1. The molecule has 3 heterocycles. The lowest BCUT2D eigenvalue weighted by Crippen LogP contribution is -2.59. The summed E-state index contributed by atoms with van der Waals surface area (Å²) >= 11 is 0. The minimum absolute atomic E-state index is 0.0268. The van der Waals surface area contributed by atoms with Crippen LogP contribution in [0.15, 0.2) is 102 Å². The van der Waals surface area contributed by atoms with Gasteiger partial charge in [0, 0.05) is 43.5 Å². The van der Waals surface area contributed by atoms with Crippen LogP contribution in [0.3, 0.4) is 0 Å². The summed E-state index contributed by atoms with van der Waals surface area (Å²) in [6.45, 7) is 1.44. The van der Waals surface area contributed by atoms with E-state index in [2.05, 4.69) is 20.3 Å². The number of amides is 1. The topological polar surface area (TPSA) is 233 Å². The van der Waals surface area contributed by atoms with E-state index >= 15 is 0 Å². The first-order chi connectivity index (χ1) is 27.0. The fourth-order valence-electron chi connectivity index (χ4n) is 5.83. The van der Waals surface area contributed by atoms with Gasteiger partial charge < -0.3 is 50.0 Å². The molecule has 1 saturated heterocycles. The smallest absolute Gasteiger partial charge is 0.332 e. The maximum Gasteiger partial charge on any atom is 0.332 e.